The van der Waals surface area contributed by atoms with Gasteiger partial charge < -0.3 is 10.6 Å². The molecule has 2 aromatic rings. The number of hydrogen-bond acceptors (Lipinski definition) is 4. The van der Waals surface area contributed by atoms with Crippen LogP contribution in [0.25, 0.3) is 5.69 Å². The molecule has 1 aromatic carbocycles. The van der Waals surface area contributed by atoms with Crippen LogP contribution in [0.1, 0.15) is 16.2 Å². The van der Waals surface area contributed by atoms with E-state index >= 15 is 0 Å². The van der Waals surface area contributed by atoms with Gasteiger partial charge in [0.25, 0.3) is 5.91 Å². The molecule has 0 aliphatic rings. The summed E-state index contributed by atoms with van der Waals surface area (Å²) in [5.74, 6) is -0.814. The lowest BCUT2D eigenvalue weighted by atomic mass is 10.2. The second-order valence-corrected chi connectivity index (χ2v) is 4.80. The molecule has 0 saturated heterocycles. The molecule has 112 valence electrons. The molecule has 0 unspecified atom stereocenters. The lowest BCUT2D eigenvalue weighted by Gasteiger charge is -2.05. The van der Waals surface area contributed by atoms with Gasteiger partial charge in [0.2, 0.25) is 0 Å². The summed E-state index contributed by atoms with van der Waals surface area (Å²) >= 11 is 5.75. The van der Waals surface area contributed by atoms with Crippen molar-refractivity contribution in [1.29, 1.82) is 0 Å². The predicted molar refractivity (Wildman–Crippen MR) is 77.3 cm³/mol. The highest BCUT2D eigenvalue weighted by Crippen LogP contribution is 2.20. The van der Waals surface area contributed by atoms with Gasteiger partial charge in [0, 0.05) is 13.1 Å². The average molecular weight is 312 g/mol. The molecule has 2 N–H and O–H groups in total. The van der Waals surface area contributed by atoms with Gasteiger partial charge in [0.1, 0.15) is 5.82 Å². The van der Waals surface area contributed by atoms with E-state index in [0.29, 0.717) is 24.5 Å². The Kier molecular flexibility index (Phi) is 4.87. The first-order chi connectivity index (χ1) is 10.0. The SMILES string of the molecule is CNCCNC(=O)c1nnn(-c2ccc(F)c(Cl)c2)c1C. The second-order valence-electron chi connectivity index (χ2n) is 4.39. The molecule has 0 aliphatic carbocycles. The van der Waals surface area contributed by atoms with Crippen LogP contribution in [-0.4, -0.2) is 41.0 Å². The van der Waals surface area contributed by atoms with Crippen molar-refractivity contribution >= 4 is 17.5 Å². The van der Waals surface area contributed by atoms with E-state index in [-0.39, 0.29) is 16.6 Å². The monoisotopic (exact) mass is 311 g/mol. The van der Waals surface area contributed by atoms with E-state index in [1.54, 1.807) is 14.0 Å². The highest BCUT2D eigenvalue weighted by molar-refractivity contribution is 6.30. The fourth-order valence-electron chi connectivity index (χ4n) is 1.79. The quantitative estimate of drug-likeness (QED) is 0.817. The number of likely N-dealkylation sites (N-methyl/N-ethyl adjacent to an activating group) is 1. The number of amides is 1. The summed E-state index contributed by atoms with van der Waals surface area (Å²) in [7, 11) is 1.80. The zero-order valence-electron chi connectivity index (χ0n) is 11.7. The number of halogens is 2. The van der Waals surface area contributed by atoms with Crippen molar-refractivity contribution in [3.05, 3.63) is 40.4 Å². The van der Waals surface area contributed by atoms with Gasteiger partial charge in [0.05, 0.1) is 16.4 Å². The zero-order valence-corrected chi connectivity index (χ0v) is 12.4. The smallest absolute Gasteiger partial charge is 0.273 e. The molecular weight excluding hydrogens is 297 g/mol. The average Bonchev–Trinajstić information content (AvgIpc) is 2.84. The predicted octanol–water partition coefficient (Wildman–Crippen LogP) is 1.32. The minimum atomic E-state index is -0.511. The number of benzene rings is 1. The molecule has 0 fully saturated rings. The van der Waals surface area contributed by atoms with Crippen molar-refractivity contribution in [2.45, 2.75) is 6.92 Å². The Balaban J connectivity index is 2.23. The summed E-state index contributed by atoms with van der Waals surface area (Å²) in [6.45, 7) is 2.86. The standard InChI is InChI=1S/C13H15ClFN5O/c1-8-12(13(21)17-6-5-16-2)18-19-20(8)9-3-4-11(15)10(14)7-9/h3-4,7,16H,5-6H2,1-2H3,(H,17,21). The normalized spacial score (nSPS) is 10.7. The molecule has 1 amide bonds. The van der Waals surface area contributed by atoms with Crippen LogP contribution in [0.4, 0.5) is 4.39 Å². The highest BCUT2D eigenvalue weighted by Gasteiger charge is 2.17. The van der Waals surface area contributed by atoms with Gasteiger partial charge in [-0.25, -0.2) is 9.07 Å². The van der Waals surface area contributed by atoms with Crippen molar-refractivity contribution < 1.29 is 9.18 Å². The van der Waals surface area contributed by atoms with Crippen molar-refractivity contribution in [2.24, 2.45) is 0 Å². The van der Waals surface area contributed by atoms with Gasteiger partial charge in [-0.2, -0.15) is 0 Å². The largest absolute Gasteiger partial charge is 0.349 e. The summed E-state index contributed by atoms with van der Waals surface area (Å²) in [6.07, 6.45) is 0. The van der Waals surface area contributed by atoms with E-state index in [2.05, 4.69) is 20.9 Å². The van der Waals surface area contributed by atoms with Gasteiger partial charge >= 0.3 is 0 Å². The Bertz CT molecular complexity index is 658. The third-order valence-electron chi connectivity index (χ3n) is 2.92. The topological polar surface area (TPSA) is 71.8 Å². The number of hydrogen-bond donors (Lipinski definition) is 2. The molecule has 8 heteroatoms. The summed E-state index contributed by atoms with van der Waals surface area (Å²) in [4.78, 5) is 12.0. The van der Waals surface area contributed by atoms with E-state index in [1.165, 1.54) is 22.9 Å². The van der Waals surface area contributed by atoms with E-state index < -0.39 is 5.82 Å². The molecule has 0 bridgehead atoms. The first-order valence-electron chi connectivity index (χ1n) is 6.35. The van der Waals surface area contributed by atoms with Gasteiger partial charge in [0.15, 0.2) is 5.69 Å². The number of rotatable bonds is 5. The third-order valence-corrected chi connectivity index (χ3v) is 3.21. The maximum Gasteiger partial charge on any atom is 0.273 e. The Labute approximate surface area is 126 Å². The van der Waals surface area contributed by atoms with Crippen LogP contribution < -0.4 is 10.6 Å². The molecule has 21 heavy (non-hydrogen) atoms. The zero-order chi connectivity index (χ0) is 15.4. The number of carbonyl (C=O) groups is 1. The van der Waals surface area contributed by atoms with Crippen LogP contribution in [0.5, 0.6) is 0 Å². The van der Waals surface area contributed by atoms with Gasteiger partial charge in [-0.1, -0.05) is 16.8 Å². The fourth-order valence-corrected chi connectivity index (χ4v) is 1.96. The Morgan fingerprint density at radius 1 is 1.43 bits per heavy atom. The van der Waals surface area contributed by atoms with Gasteiger partial charge in [-0.3, -0.25) is 4.79 Å². The first-order valence-corrected chi connectivity index (χ1v) is 6.73. The molecular formula is C13H15ClFN5O. The van der Waals surface area contributed by atoms with Crippen molar-refractivity contribution in [2.75, 3.05) is 20.1 Å². The van der Waals surface area contributed by atoms with Gasteiger partial charge in [-0.05, 0) is 32.2 Å². The lowest BCUT2D eigenvalue weighted by Crippen LogP contribution is -2.31. The number of nitrogens with one attached hydrogen (secondary N) is 2. The molecule has 1 aromatic heterocycles. The molecule has 2 rings (SSSR count). The maximum absolute atomic E-state index is 13.2. The molecule has 0 radical (unpaired) electrons. The Morgan fingerprint density at radius 3 is 2.86 bits per heavy atom. The van der Waals surface area contributed by atoms with Crippen LogP contribution in [0.3, 0.4) is 0 Å². The van der Waals surface area contributed by atoms with Crippen LogP contribution in [0, 0.1) is 12.7 Å². The van der Waals surface area contributed by atoms with E-state index in [9.17, 15) is 9.18 Å². The van der Waals surface area contributed by atoms with Crippen LogP contribution in [-0.2, 0) is 0 Å². The van der Waals surface area contributed by atoms with E-state index in [0.717, 1.165) is 0 Å². The first kappa shape index (κ1) is 15.4. The second kappa shape index (κ2) is 6.64. The van der Waals surface area contributed by atoms with E-state index in [1.807, 2.05) is 0 Å². The van der Waals surface area contributed by atoms with Crippen molar-refractivity contribution in [3.63, 3.8) is 0 Å². The van der Waals surface area contributed by atoms with Crippen LogP contribution >= 0.6 is 11.6 Å². The van der Waals surface area contributed by atoms with Crippen molar-refractivity contribution in [1.82, 2.24) is 25.6 Å². The van der Waals surface area contributed by atoms with Gasteiger partial charge in [-0.15, -0.1) is 5.10 Å². The van der Waals surface area contributed by atoms with Crippen LogP contribution in [0.15, 0.2) is 18.2 Å². The number of carbonyl (C=O) groups excluding carboxylic acids is 1. The molecule has 0 atom stereocenters. The molecule has 0 saturated carbocycles. The lowest BCUT2D eigenvalue weighted by molar-refractivity contribution is 0.0948. The minimum Gasteiger partial charge on any atom is -0.349 e. The fraction of sp³-hybridized carbons (Fsp3) is 0.308. The summed E-state index contributed by atoms with van der Waals surface area (Å²) in [5, 5.41) is 13.4. The minimum absolute atomic E-state index is 0.0116. The van der Waals surface area contributed by atoms with Crippen LogP contribution in [0.2, 0.25) is 5.02 Å². The molecule has 1 heterocycles. The number of aromatic nitrogens is 3. The Morgan fingerprint density at radius 2 is 2.19 bits per heavy atom. The van der Waals surface area contributed by atoms with Crippen molar-refractivity contribution in [3.8, 4) is 5.69 Å². The molecule has 0 spiro atoms. The molecule has 6 nitrogen and oxygen atoms in total. The highest BCUT2D eigenvalue weighted by atomic mass is 35.5. The third kappa shape index (κ3) is 3.37. The summed E-state index contributed by atoms with van der Waals surface area (Å²) in [5.41, 5.74) is 1.33. The van der Waals surface area contributed by atoms with E-state index in [4.69, 9.17) is 11.6 Å². The Hall–Kier alpha value is -1.99. The summed E-state index contributed by atoms with van der Waals surface area (Å²) in [6, 6.07) is 4.19. The molecule has 0 aliphatic heterocycles. The summed E-state index contributed by atoms with van der Waals surface area (Å²) < 4.78 is 14.6. The number of nitrogens with zero attached hydrogens (tertiary/aromatic N) is 3. The maximum atomic E-state index is 13.2.